The number of ketones is 1. The van der Waals surface area contributed by atoms with Crippen LogP contribution < -0.4 is 9.47 Å². The highest BCUT2D eigenvalue weighted by molar-refractivity contribution is 6.02. The fourth-order valence-electron chi connectivity index (χ4n) is 7.64. The van der Waals surface area contributed by atoms with Crippen molar-refractivity contribution in [3.05, 3.63) is 47.5 Å². The van der Waals surface area contributed by atoms with Crippen molar-refractivity contribution < 1.29 is 114 Å². The third-order valence-electron chi connectivity index (χ3n) is 11.2. The number of fused-ring (bicyclic) bond motifs is 1. The van der Waals surface area contributed by atoms with Crippen molar-refractivity contribution in [2.45, 2.75) is 136 Å². The van der Waals surface area contributed by atoms with Gasteiger partial charge in [0.05, 0.1) is 32.3 Å². The lowest BCUT2D eigenvalue weighted by Crippen LogP contribution is -2.66. The molecule has 7 rings (SSSR count). The number of aromatic hydroxyl groups is 2. The minimum atomic E-state index is -2.02. The van der Waals surface area contributed by atoms with Gasteiger partial charge in [0.1, 0.15) is 114 Å². The van der Waals surface area contributed by atoms with E-state index in [4.69, 9.17) is 42.6 Å². The topological polar surface area (TPSA) is 363 Å². The zero-order valence-corrected chi connectivity index (χ0v) is 32.2. The van der Waals surface area contributed by atoms with Crippen LogP contribution in [0.15, 0.2) is 36.4 Å². The number of carbonyl (C=O) groups excluding carboxylic acids is 1. The van der Waals surface area contributed by atoms with E-state index < -0.39 is 154 Å². The third kappa shape index (κ3) is 9.31. The van der Waals surface area contributed by atoms with Crippen molar-refractivity contribution in [3.8, 4) is 23.0 Å². The molecule has 0 amide bonds. The van der Waals surface area contributed by atoms with E-state index in [-0.39, 0.29) is 29.2 Å². The summed E-state index contributed by atoms with van der Waals surface area (Å²) < 4.78 is 52.1. The first-order valence-electron chi connectivity index (χ1n) is 19.4. The normalized spacial score (nSPS) is 43.0. The lowest BCUT2D eigenvalue weighted by atomic mass is 9.95. The Morgan fingerprint density at radius 2 is 1.30 bits per heavy atom. The molecule has 20 unspecified atom stereocenters. The number of carbonyl (C=O) groups is 1. The molecule has 0 spiro atoms. The molecular formula is C38H50O23. The average Bonchev–Trinajstić information content (AvgIpc) is 3.23. The van der Waals surface area contributed by atoms with Crippen LogP contribution in [0.25, 0.3) is 0 Å². The molecule has 61 heavy (non-hydrogen) atoms. The SMILES string of the molecule is CC1OC(OC2C(Oc3cc(O)c4c(c3)OC(c3ccc(O)cc3)CC4=O)OC(COC3OCC(O)C(O)C3O)C(O)C2O)C(OC2OC(CO)C(O)C(O)C2O)C(O)C1O. The Morgan fingerprint density at radius 3 is 2.00 bits per heavy atom. The van der Waals surface area contributed by atoms with Gasteiger partial charge in [0.25, 0.3) is 0 Å². The molecule has 23 heteroatoms. The second kappa shape index (κ2) is 18.7. The van der Waals surface area contributed by atoms with Crippen molar-refractivity contribution in [2.24, 2.45) is 0 Å². The van der Waals surface area contributed by atoms with Crippen LogP contribution in [0.5, 0.6) is 23.0 Å². The molecular weight excluding hydrogens is 824 g/mol. The van der Waals surface area contributed by atoms with Crippen molar-refractivity contribution in [2.75, 3.05) is 19.8 Å². The number of ether oxygens (including phenoxy) is 9. The van der Waals surface area contributed by atoms with Crippen LogP contribution in [0.4, 0.5) is 0 Å². The first kappa shape index (κ1) is 45.6. The van der Waals surface area contributed by atoms with E-state index in [0.29, 0.717) is 5.56 Å². The van der Waals surface area contributed by atoms with Gasteiger partial charge < -0.3 is 109 Å². The monoisotopic (exact) mass is 874 g/mol. The molecule has 5 aliphatic rings. The summed E-state index contributed by atoms with van der Waals surface area (Å²) in [5, 5.41) is 137. The quantitative estimate of drug-likeness (QED) is 0.101. The molecule has 340 valence electrons. The van der Waals surface area contributed by atoms with Gasteiger partial charge >= 0.3 is 0 Å². The van der Waals surface area contributed by atoms with Crippen molar-refractivity contribution >= 4 is 5.78 Å². The van der Waals surface area contributed by atoms with Crippen LogP contribution in [0.2, 0.25) is 0 Å². The fourth-order valence-corrected chi connectivity index (χ4v) is 7.64. The number of aliphatic hydroxyl groups excluding tert-OH is 11. The molecule has 0 radical (unpaired) electrons. The predicted molar refractivity (Wildman–Crippen MR) is 193 cm³/mol. The number of phenols is 2. The van der Waals surface area contributed by atoms with Crippen LogP contribution in [-0.2, 0) is 33.2 Å². The molecule has 4 saturated heterocycles. The molecule has 2 aromatic carbocycles. The molecule has 23 nitrogen and oxygen atoms in total. The number of benzene rings is 2. The zero-order valence-electron chi connectivity index (χ0n) is 32.2. The second-order valence-corrected chi connectivity index (χ2v) is 15.5. The van der Waals surface area contributed by atoms with Crippen LogP contribution >= 0.6 is 0 Å². The zero-order chi connectivity index (χ0) is 44.0. The third-order valence-corrected chi connectivity index (χ3v) is 11.2. The summed E-state index contributed by atoms with van der Waals surface area (Å²) in [7, 11) is 0. The maximum Gasteiger partial charge on any atom is 0.229 e. The van der Waals surface area contributed by atoms with Crippen LogP contribution in [-0.4, -0.2) is 209 Å². The molecule has 20 atom stereocenters. The highest BCUT2D eigenvalue weighted by Crippen LogP contribution is 2.43. The number of Topliss-reactive ketones (excluding diaryl/α,β-unsaturated/α-hetero) is 1. The van der Waals surface area contributed by atoms with Gasteiger partial charge in [0, 0.05) is 12.1 Å². The minimum Gasteiger partial charge on any atom is -0.508 e. The summed E-state index contributed by atoms with van der Waals surface area (Å²) in [5.74, 6) is -1.47. The Hall–Kier alpha value is -3.41. The summed E-state index contributed by atoms with van der Waals surface area (Å²) in [4.78, 5) is 13.2. The Morgan fingerprint density at radius 1 is 0.672 bits per heavy atom. The van der Waals surface area contributed by atoms with E-state index in [1.807, 2.05) is 0 Å². The van der Waals surface area contributed by atoms with Crippen LogP contribution in [0.1, 0.15) is 35.4 Å². The summed E-state index contributed by atoms with van der Waals surface area (Å²) in [5.41, 5.74) is 0.348. The van der Waals surface area contributed by atoms with E-state index in [1.165, 1.54) is 25.1 Å². The Labute approximate surface area is 345 Å². The minimum absolute atomic E-state index is 0.0238. The fraction of sp³-hybridized carbons (Fsp3) is 0.658. The smallest absolute Gasteiger partial charge is 0.229 e. The van der Waals surface area contributed by atoms with E-state index in [0.717, 1.165) is 6.07 Å². The maximum absolute atomic E-state index is 13.2. The summed E-state index contributed by atoms with van der Waals surface area (Å²) in [6, 6.07) is 8.16. The molecule has 4 fully saturated rings. The van der Waals surface area contributed by atoms with Crippen molar-refractivity contribution in [1.82, 2.24) is 0 Å². The number of rotatable bonds is 11. The number of phenolic OH excluding ortho intramolecular Hbond substituents is 2. The highest BCUT2D eigenvalue weighted by atomic mass is 16.8. The van der Waals surface area contributed by atoms with E-state index in [2.05, 4.69) is 0 Å². The largest absolute Gasteiger partial charge is 0.508 e. The van der Waals surface area contributed by atoms with Gasteiger partial charge in [0.2, 0.25) is 6.29 Å². The summed E-state index contributed by atoms with van der Waals surface area (Å²) in [6.45, 7) is -0.557. The van der Waals surface area contributed by atoms with Crippen LogP contribution in [0.3, 0.4) is 0 Å². The van der Waals surface area contributed by atoms with Crippen molar-refractivity contribution in [3.63, 3.8) is 0 Å². The Bertz CT molecular complexity index is 1800. The molecule has 5 aliphatic heterocycles. The number of hydrogen-bond acceptors (Lipinski definition) is 23. The number of aliphatic hydroxyl groups is 11. The molecule has 0 aliphatic carbocycles. The predicted octanol–water partition coefficient (Wildman–Crippen LogP) is -4.88. The molecule has 0 bridgehead atoms. The summed E-state index contributed by atoms with van der Waals surface area (Å²) >= 11 is 0. The lowest BCUT2D eigenvalue weighted by Gasteiger charge is -2.48. The average molecular weight is 875 g/mol. The molecule has 0 saturated carbocycles. The molecule has 2 aromatic rings. The van der Waals surface area contributed by atoms with Gasteiger partial charge in [-0.15, -0.1) is 0 Å². The van der Waals surface area contributed by atoms with Gasteiger partial charge in [-0.05, 0) is 24.6 Å². The summed E-state index contributed by atoms with van der Waals surface area (Å²) in [6.07, 6.45) is -33.9. The van der Waals surface area contributed by atoms with Gasteiger partial charge in [-0.25, -0.2) is 0 Å². The van der Waals surface area contributed by atoms with Gasteiger partial charge in [-0.3, -0.25) is 4.79 Å². The number of hydrogen-bond donors (Lipinski definition) is 13. The molecule has 5 heterocycles. The van der Waals surface area contributed by atoms with Gasteiger partial charge in [-0.1, -0.05) is 12.1 Å². The van der Waals surface area contributed by atoms with E-state index >= 15 is 0 Å². The van der Waals surface area contributed by atoms with Crippen molar-refractivity contribution in [1.29, 1.82) is 0 Å². The van der Waals surface area contributed by atoms with Gasteiger partial charge in [-0.2, -0.15) is 0 Å². The lowest BCUT2D eigenvalue weighted by molar-refractivity contribution is -0.388. The maximum atomic E-state index is 13.2. The highest BCUT2D eigenvalue weighted by Gasteiger charge is 2.54. The van der Waals surface area contributed by atoms with E-state index in [9.17, 15) is 71.2 Å². The molecule has 13 N–H and O–H groups in total. The van der Waals surface area contributed by atoms with E-state index in [1.54, 1.807) is 12.1 Å². The van der Waals surface area contributed by atoms with Crippen LogP contribution in [0, 0.1) is 0 Å². The second-order valence-electron chi connectivity index (χ2n) is 15.5. The Kier molecular flexibility index (Phi) is 14.0. The molecule has 0 aromatic heterocycles. The Balaban J connectivity index is 1.17. The first-order valence-corrected chi connectivity index (χ1v) is 19.4. The van der Waals surface area contributed by atoms with Gasteiger partial charge in [0.15, 0.2) is 30.8 Å². The standard InChI is InChI=1S/C38H50O23/c1-12-24(44)29(49)33(60-36-32(52)28(48)26(46)21(9-39)58-36)37(55-12)61-34-30(50)27(47)22(11-54-35-31(51)25(45)18(43)10-53-35)59-38(34)56-15-6-16(41)23-17(42)8-19(57-20(23)7-15)13-2-4-14(40)5-3-13/h2-7,12,18-19,21-22,24-41,43-52H,8-11H2,1H3. The first-order chi connectivity index (χ1) is 29.0.